The first-order chi connectivity index (χ1) is 33.0. The fraction of sp³-hybridized carbons (Fsp3) is 0.725. The van der Waals surface area contributed by atoms with Gasteiger partial charge in [0.05, 0.1) is 31.7 Å². The monoisotopic (exact) mass is 984 g/mol. The van der Waals surface area contributed by atoms with Crippen LogP contribution in [0.4, 0.5) is 0 Å². The summed E-state index contributed by atoms with van der Waals surface area (Å²) in [6.45, 7) is 16.8. The lowest BCUT2D eigenvalue weighted by Gasteiger charge is -2.36. The molecule has 11 atom stereocenters. The summed E-state index contributed by atoms with van der Waals surface area (Å²) in [5, 5.41) is 23.3. The molecule has 0 spiro atoms. The van der Waals surface area contributed by atoms with Gasteiger partial charge >= 0.3 is 11.9 Å². The molecule has 3 fully saturated rings. The third kappa shape index (κ3) is 15.1. The number of cyclic esters (lactones) is 2. The highest BCUT2D eigenvalue weighted by Crippen LogP contribution is 2.26. The molecule has 0 radical (unpaired) electrons. The topological polar surface area (TPSA) is 242 Å². The standard InChI is InChI=1S/C51H81N7O12/c1-13-31(8)42-40(59)27-41(60)70-44(30(6)7)47(63)53-36(24-28(2)3)49(65)58-23-15-17-37(58)50(66)57(11)39(26-33-18-20-34(68-12)21-19-33)51(67)69-32(9)43(46(62)54-42)55-45(61)38(25-29(4)5)56(10)48(64)35-16-14-22-52-35/h18-21,28-32,35-40,42-44,52,59H,13-17,22-27H2,1-12H3,(H,53,63)(H,54,62)(H,55,61)/t31-,32+,35-,36-,37-,38+,39?,40-,42+,43-,44?/m0/s1. The molecule has 3 saturated heterocycles. The first kappa shape index (κ1) is 57.3. The third-order valence-electron chi connectivity index (χ3n) is 13.8. The Morgan fingerprint density at radius 1 is 0.914 bits per heavy atom. The van der Waals surface area contributed by atoms with Gasteiger partial charge in [-0.3, -0.25) is 33.6 Å². The van der Waals surface area contributed by atoms with Crippen LogP contribution in [0, 0.1) is 23.7 Å². The van der Waals surface area contributed by atoms with Crippen LogP contribution in [0.15, 0.2) is 24.3 Å². The predicted molar refractivity (Wildman–Crippen MR) is 261 cm³/mol. The molecule has 0 aliphatic carbocycles. The SMILES string of the molecule is CC[C@H](C)[C@H]1NC(=O)[C@@H](NC(=O)[C@@H](CC(C)C)N(C)C(=O)[C@@H]2CCCN2)[C@@H](C)OC(=O)C(Cc2ccc(OC)cc2)N(C)C(=O)[C@@H]2CCCN2C(=O)[C@H](CC(C)C)NC(=O)C(C(C)C)OC(=O)C[C@@H]1O. The molecule has 0 aromatic heterocycles. The minimum atomic E-state index is -1.63. The molecule has 6 amide bonds. The van der Waals surface area contributed by atoms with Crippen LogP contribution in [-0.2, 0) is 54.3 Å². The van der Waals surface area contributed by atoms with E-state index in [0.29, 0.717) is 37.1 Å². The minimum absolute atomic E-state index is 0.0564. The predicted octanol–water partition coefficient (Wildman–Crippen LogP) is 2.49. The summed E-state index contributed by atoms with van der Waals surface area (Å²) in [7, 11) is 4.50. The molecule has 3 heterocycles. The number of methoxy groups -OCH3 is 1. The van der Waals surface area contributed by atoms with E-state index in [4.69, 9.17) is 14.2 Å². The molecule has 19 heteroatoms. The average Bonchev–Trinajstić information content (AvgIpc) is 4.04. The molecule has 3 aliphatic rings. The number of hydrogen-bond acceptors (Lipinski definition) is 13. The van der Waals surface area contributed by atoms with Crippen molar-refractivity contribution in [3.8, 4) is 5.75 Å². The highest BCUT2D eigenvalue weighted by atomic mass is 16.6. The van der Waals surface area contributed by atoms with Crippen LogP contribution in [0.3, 0.4) is 0 Å². The van der Waals surface area contributed by atoms with Gasteiger partial charge in [0, 0.05) is 27.1 Å². The maximum atomic E-state index is 14.8. The van der Waals surface area contributed by atoms with Crippen molar-refractivity contribution >= 4 is 47.4 Å². The third-order valence-corrected chi connectivity index (χ3v) is 13.8. The van der Waals surface area contributed by atoms with Gasteiger partial charge in [-0.2, -0.15) is 0 Å². The number of aliphatic hydroxyl groups excluding tert-OH is 1. The maximum Gasteiger partial charge on any atom is 0.329 e. The molecule has 1 aromatic carbocycles. The van der Waals surface area contributed by atoms with Crippen molar-refractivity contribution in [3.63, 3.8) is 0 Å². The number of hydrogen-bond donors (Lipinski definition) is 5. The Kier molecular flexibility index (Phi) is 21.5. The van der Waals surface area contributed by atoms with Crippen molar-refractivity contribution in [1.29, 1.82) is 0 Å². The zero-order valence-electron chi connectivity index (χ0n) is 43.5. The van der Waals surface area contributed by atoms with Gasteiger partial charge in [0.15, 0.2) is 6.10 Å². The molecule has 70 heavy (non-hydrogen) atoms. The van der Waals surface area contributed by atoms with Crippen LogP contribution in [-0.4, -0.2) is 162 Å². The maximum absolute atomic E-state index is 14.8. The summed E-state index contributed by atoms with van der Waals surface area (Å²) < 4.78 is 17.2. The number of esters is 2. The number of carbonyl (C=O) groups is 8. The zero-order valence-corrected chi connectivity index (χ0v) is 43.5. The minimum Gasteiger partial charge on any atom is -0.497 e. The summed E-state index contributed by atoms with van der Waals surface area (Å²) in [5.41, 5.74) is 0.630. The summed E-state index contributed by atoms with van der Waals surface area (Å²) in [6, 6.07) is -0.826. The number of fused-ring (bicyclic) bond motifs is 1. The largest absolute Gasteiger partial charge is 0.497 e. The van der Waals surface area contributed by atoms with E-state index in [2.05, 4.69) is 21.3 Å². The highest BCUT2D eigenvalue weighted by Gasteiger charge is 2.45. The van der Waals surface area contributed by atoms with Crippen LogP contribution in [0.5, 0.6) is 5.75 Å². The van der Waals surface area contributed by atoms with E-state index in [0.717, 1.165) is 6.42 Å². The van der Waals surface area contributed by atoms with Crippen LogP contribution in [0.1, 0.15) is 119 Å². The van der Waals surface area contributed by atoms with E-state index < -0.39 is 120 Å². The molecule has 1 aromatic rings. The fourth-order valence-corrected chi connectivity index (χ4v) is 9.45. The molecule has 3 aliphatic heterocycles. The molecular formula is C51H81N7O12. The van der Waals surface area contributed by atoms with Crippen molar-refractivity contribution in [1.82, 2.24) is 36.0 Å². The van der Waals surface area contributed by atoms with Crippen molar-refractivity contribution in [2.24, 2.45) is 23.7 Å². The van der Waals surface area contributed by atoms with E-state index in [1.807, 2.05) is 34.6 Å². The van der Waals surface area contributed by atoms with E-state index in [9.17, 15) is 43.5 Å². The molecule has 392 valence electrons. The normalized spacial score (nSPS) is 27.8. The Morgan fingerprint density at radius 2 is 1.59 bits per heavy atom. The lowest BCUT2D eigenvalue weighted by molar-refractivity contribution is -0.162. The Labute approximate surface area is 414 Å². The summed E-state index contributed by atoms with van der Waals surface area (Å²) in [5.74, 6) is -6.11. The van der Waals surface area contributed by atoms with E-state index >= 15 is 0 Å². The lowest BCUT2D eigenvalue weighted by Crippen LogP contribution is -2.62. The number of likely N-dealkylation sites (N-methyl/N-ethyl adjacent to an activating group) is 2. The number of benzene rings is 1. The number of nitrogens with zero attached hydrogens (tertiary/aromatic N) is 3. The molecule has 19 nitrogen and oxygen atoms in total. The smallest absolute Gasteiger partial charge is 0.329 e. The van der Waals surface area contributed by atoms with E-state index in [-0.39, 0.29) is 50.0 Å². The second-order valence-electron chi connectivity index (χ2n) is 20.6. The first-order valence-corrected chi connectivity index (χ1v) is 25.2. The van der Waals surface area contributed by atoms with Crippen LogP contribution >= 0.6 is 0 Å². The number of rotatable bonds is 14. The van der Waals surface area contributed by atoms with Gasteiger partial charge in [-0.15, -0.1) is 0 Å². The van der Waals surface area contributed by atoms with E-state index in [1.165, 1.54) is 42.8 Å². The summed E-state index contributed by atoms with van der Waals surface area (Å²) in [4.78, 5) is 119. The fourth-order valence-electron chi connectivity index (χ4n) is 9.45. The first-order valence-electron chi connectivity index (χ1n) is 25.2. The Morgan fingerprint density at radius 3 is 2.16 bits per heavy atom. The quantitative estimate of drug-likeness (QED) is 0.169. The van der Waals surface area contributed by atoms with Gasteiger partial charge in [-0.25, -0.2) is 4.79 Å². The number of nitrogens with one attached hydrogen (secondary N) is 4. The molecular weight excluding hydrogens is 903 g/mol. The molecule has 0 saturated carbocycles. The van der Waals surface area contributed by atoms with Gasteiger partial charge in [-0.05, 0) is 93.4 Å². The summed E-state index contributed by atoms with van der Waals surface area (Å²) in [6.07, 6.45) is -2.08. The van der Waals surface area contributed by atoms with E-state index in [1.54, 1.807) is 45.0 Å². The number of ether oxygens (including phenoxy) is 3. The van der Waals surface area contributed by atoms with Crippen LogP contribution in [0.2, 0.25) is 0 Å². The average molecular weight is 984 g/mol. The number of carbonyl (C=O) groups excluding carboxylic acids is 8. The number of aliphatic hydroxyl groups is 1. The van der Waals surface area contributed by atoms with Gasteiger partial charge in [0.25, 0.3) is 5.91 Å². The second-order valence-corrected chi connectivity index (χ2v) is 20.6. The van der Waals surface area contributed by atoms with Gasteiger partial charge < -0.3 is 55.3 Å². The highest BCUT2D eigenvalue weighted by molar-refractivity contribution is 5.96. The second kappa shape index (κ2) is 26.2. The lowest BCUT2D eigenvalue weighted by atomic mass is 9.92. The van der Waals surface area contributed by atoms with Crippen LogP contribution in [0.25, 0.3) is 0 Å². The Hall–Kier alpha value is -5.30. The zero-order chi connectivity index (χ0) is 52.1. The molecule has 0 bridgehead atoms. The van der Waals surface area contributed by atoms with Crippen molar-refractivity contribution in [2.75, 3.05) is 34.3 Å². The van der Waals surface area contributed by atoms with Crippen LogP contribution < -0.4 is 26.0 Å². The van der Waals surface area contributed by atoms with Crippen molar-refractivity contribution in [3.05, 3.63) is 29.8 Å². The van der Waals surface area contributed by atoms with Gasteiger partial charge in [0.1, 0.15) is 42.1 Å². The number of amides is 6. The van der Waals surface area contributed by atoms with Gasteiger partial charge in [-0.1, -0.05) is 73.9 Å². The molecule has 4 rings (SSSR count). The van der Waals surface area contributed by atoms with Crippen molar-refractivity contribution in [2.45, 2.75) is 181 Å². The molecule has 2 unspecified atom stereocenters. The van der Waals surface area contributed by atoms with Gasteiger partial charge in [0.2, 0.25) is 29.5 Å². The summed E-state index contributed by atoms with van der Waals surface area (Å²) >= 11 is 0. The van der Waals surface area contributed by atoms with Crippen molar-refractivity contribution < 1.29 is 57.7 Å². The molecule has 5 N–H and O–H groups in total. The Bertz CT molecular complexity index is 1970. The Balaban J connectivity index is 1.86.